The van der Waals surface area contributed by atoms with E-state index in [0.29, 0.717) is 6.20 Å². The van der Waals surface area contributed by atoms with E-state index in [2.05, 4.69) is 20.6 Å². The molecule has 0 spiro atoms. The molecule has 1 aliphatic carbocycles. The van der Waals surface area contributed by atoms with Crippen LogP contribution in [0.4, 0.5) is 35.0 Å². The van der Waals surface area contributed by atoms with Crippen LogP contribution >= 0.6 is 11.6 Å². The first-order chi connectivity index (χ1) is 11.9. The van der Waals surface area contributed by atoms with Crippen molar-refractivity contribution in [3.8, 4) is 5.75 Å². The molecule has 2 N–H and O–H groups in total. The smallest absolute Gasteiger partial charge is 0.421 e. The van der Waals surface area contributed by atoms with Crippen molar-refractivity contribution in [1.29, 1.82) is 0 Å². The maximum Gasteiger partial charge on any atom is 0.421 e. The van der Waals surface area contributed by atoms with Gasteiger partial charge in [-0.1, -0.05) is 11.6 Å². The van der Waals surface area contributed by atoms with Crippen LogP contribution in [0, 0.1) is 0 Å². The summed E-state index contributed by atoms with van der Waals surface area (Å²) in [6.07, 6.45) is -2.28. The van der Waals surface area contributed by atoms with Gasteiger partial charge in [0.25, 0.3) is 0 Å². The van der Waals surface area contributed by atoms with E-state index in [-0.39, 0.29) is 34.3 Å². The summed E-state index contributed by atoms with van der Waals surface area (Å²) in [5.41, 5.74) is -0.657. The number of alkyl halides is 4. The molecule has 1 aromatic heterocycles. The van der Waals surface area contributed by atoms with Gasteiger partial charge in [0.2, 0.25) is 12.8 Å². The van der Waals surface area contributed by atoms with Crippen LogP contribution in [-0.2, 0) is 6.18 Å². The zero-order valence-corrected chi connectivity index (χ0v) is 13.5. The van der Waals surface area contributed by atoms with Crippen molar-refractivity contribution >= 4 is 29.1 Å². The van der Waals surface area contributed by atoms with E-state index in [9.17, 15) is 17.6 Å². The minimum atomic E-state index is -4.57. The molecule has 0 aliphatic heterocycles. The molecule has 1 fully saturated rings. The summed E-state index contributed by atoms with van der Waals surface area (Å²) in [7, 11) is 0. The first kappa shape index (κ1) is 17.5. The molecule has 10 heteroatoms. The van der Waals surface area contributed by atoms with E-state index < -0.39 is 18.6 Å². The summed E-state index contributed by atoms with van der Waals surface area (Å²) in [5.74, 6) is -0.159. The Kier molecular flexibility index (Phi) is 4.85. The number of hydrogen-bond donors (Lipinski definition) is 2. The standard InChI is InChI=1S/C15H13ClF4N4O/c16-11-4-3-9(25-7-17)5-12(11)23-14-21-6-10(15(18,19)20)13(24-14)22-8-1-2-8/h3-6,8H,1-2,7H2,(H2,21,22,23,24). The van der Waals surface area contributed by atoms with Crippen molar-refractivity contribution in [2.75, 3.05) is 17.5 Å². The highest BCUT2D eigenvalue weighted by atomic mass is 35.5. The number of hydrogen-bond acceptors (Lipinski definition) is 5. The van der Waals surface area contributed by atoms with Crippen molar-refractivity contribution in [1.82, 2.24) is 9.97 Å². The number of halogens is 5. The highest BCUT2D eigenvalue weighted by Gasteiger charge is 2.36. The van der Waals surface area contributed by atoms with Gasteiger partial charge in [0.15, 0.2) is 0 Å². The summed E-state index contributed by atoms with van der Waals surface area (Å²) in [6, 6.07) is 4.30. The maximum atomic E-state index is 13.1. The molecule has 0 atom stereocenters. The molecule has 2 aromatic rings. The minimum Gasteiger partial charge on any atom is -0.463 e. The number of aromatic nitrogens is 2. The summed E-state index contributed by atoms with van der Waals surface area (Å²) in [6.45, 7) is -1.02. The van der Waals surface area contributed by atoms with Crippen molar-refractivity contribution in [3.05, 3.63) is 35.0 Å². The molecule has 0 saturated heterocycles. The van der Waals surface area contributed by atoms with Gasteiger partial charge in [-0.05, 0) is 25.0 Å². The second kappa shape index (κ2) is 6.91. The van der Waals surface area contributed by atoms with Crippen molar-refractivity contribution in [2.24, 2.45) is 0 Å². The Labute approximate surface area is 145 Å². The van der Waals surface area contributed by atoms with Gasteiger partial charge in [-0.15, -0.1) is 0 Å². The van der Waals surface area contributed by atoms with Gasteiger partial charge in [-0.2, -0.15) is 18.2 Å². The molecule has 1 saturated carbocycles. The van der Waals surface area contributed by atoms with Gasteiger partial charge in [-0.25, -0.2) is 9.37 Å². The molecule has 1 aromatic carbocycles. The Bertz CT molecular complexity index is 768. The molecule has 0 amide bonds. The largest absolute Gasteiger partial charge is 0.463 e. The third-order valence-corrected chi connectivity index (χ3v) is 3.75. The Morgan fingerprint density at radius 3 is 2.68 bits per heavy atom. The molecular formula is C15H13ClF4N4O. The fourth-order valence-corrected chi connectivity index (χ4v) is 2.22. The van der Waals surface area contributed by atoms with Crippen LogP contribution in [0.5, 0.6) is 5.75 Å². The molecule has 25 heavy (non-hydrogen) atoms. The second-order valence-corrected chi connectivity index (χ2v) is 5.80. The first-order valence-electron chi connectivity index (χ1n) is 7.33. The SMILES string of the molecule is FCOc1ccc(Cl)c(Nc2ncc(C(F)(F)F)c(NC3CC3)n2)c1. The van der Waals surface area contributed by atoms with E-state index in [4.69, 9.17) is 16.3 Å². The van der Waals surface area contributed by atoms with Gasteiger partial charge < -0.3 is 15.4 Å². The maximum absolute atomic E-state index is 13.1. The van der Waals surface area contributed by atoms with Crippen LogP contribution < -0.4 is 15.4 Å². The fourth-order valence-electron chi connectivity index (χ4n) is 2.05. The number of ether oxygens (including phenoxy) is 1. The third-order valence-electron chi connectivity index (χ3n) is 3.42. The molecule has 3 rings (SSSR count). The predicted molar refractivity (Wildman–Crippen MR) is 85.0 cm³/mol. The fraction of sp³-hybridized carbons (Fsp3) is 0.333. The molecular weight excluding hydrogens is 364 g/mol. The number of nitrogens with zero attached hydrogens (tertiary/aromatic N) is 2. The molecule has 0 bridgehead atoms. The Balaban J connectivity index is 1.88. The van der Waals surface area contributed by atoms with Crippen LogP contribution in [0.3, 0.4) is 0 Å². The molecule has 5 nitrogen and oxygen atoms in total. The van der Waals surface area contributed by atoms with Gasteiger partial charge >= 0.3 is 6.18 Å². The highest BCUT2D eigenvalue weighted by molar-refractivity contribution is 6.33. The zero-order valence-electron chi connectivity index (χ0n) is 12.7. The lowest BCUT2D eigenvalue weighted by Crippen LogP contribution is -2.15. The molecule has 0 unspecified atom stereocenters. The Morgan fingerprint density at radius 1 is 1.28 bits per heavy atom. The van der Waals surface area contributed by atoms with Gasteiger partial charge in [0, 0.05) is 18.3 Å². The zero-order chi connectivity index (χ0) is 18.0. The number of nitrogens with one attached hydrogen (secondary N) is 2. The summed E-state index contributed by atoms with van der Waals surface area (Å²) >= 11 is 6.02. The second-order valence-electron chi connectivity index (χ2n) is 5.39. The van der Waals surface area contributed by atoms with Gasteiger partial charge in [0.1, 0.15) is 17.1 Å². The number of anilines is 3. The van der Waals surface area contributed by atoms with Crippen LogP contribution in [0.15, 0.2) is 24.4 Å². The summed E-state index contributed by atoms with van der Waals surface area (Å²) < 4.78 is 56.2. The van der Waals surface area contributed by atoms with Crippen LogP contribution in [0.2, 0.25) is 5.02 Å². The van der Waals surface area contributed by atoms with E-state index in [0.717, 1.165) is 12.8 Å². The molecule has 1 aliphatic rings. The highest BCUT2D eigenvalue weighted by Crippen LogP contribution is 2.37. The van der Waals surface area contributed by atoms with E-state index >= 15 is 0 Å². The predicted octanol–water partition coefficient (Wildman–Crippen LogP) is 4.77. The van der Waals surface area contributed by atoms with Crippen molar-refractivity contribution < 1.29 is 22.3 Å². The Morgan fingerprint density at radius 2 is 2.04 bits per heavy atom. The lowest BCUT2D eigenvalue weighted by atomic mass is 10.3. The van der Waals surface area contributed by atoms with E-state index in [1.165, 1.54) is 18.2 Å². The Hall–Kier alpha value is -2.29. The van der Waals surface area contributed by atoms with Crippen molar-refractivity contribution in [3.63, 3.8) is 0 Å². The topological polar surface area (TPSA) is 59.1 Å². The lowest BCUT2D eigenvalue weighted by Gasteiger charge is -2.15. The first-order valence-corrected chi connectivity index (χ1v) is 7.70. The van der Waals surface area contributed by atoms with Gasteiger partial charge in [0.05, 0.1) is 10.7 Å². The van der Waals surface area contributed by atoms with E-state index in [1.54, 1.807) is 0 Å². The normalized spacial score (nSPS) is 14.3. The minimum absolute atomic E-state index is 0.0197. The third kappa shape index (κ3) is 4.41. The molecule has 0 radical (unpaired) electrons. The number of rotatable bonds is 6. The van der Waals surface area contributed by atoms with E-state index in [1.807, 2.05) is 0 Å². The quantitative estimate of drug-likeness (QED) is 0.711. The van der Waals surface area contributed by atoms with Crippen LogP contribution in [-0.4, -0.2) is 22.9 Å². The summed E-state index contributed by atoms with van der Waals surface area (Å²) in [5, 5.41) is 5.72. The molecule has 134 valence electrons. The molecule has 1 heterocycles. The van der Waals surface area contributed by atoms with Crippen molar-refractivity contribution in [2.45, 2.75) is 25.1 Å². The summed E-state index contributed by atoms with van der Waals surface area (Å²) in [4.78, 5) is 7.59. The van der Waals surface area contributed by atoms with Crippen LogP contribution in [0.25, 0.3) is 0 Å². The lowest BCUT2D eigenvalue weighted by molar-refractivity contribution is -0.137. The number of benzene rings is 1. The average Bonchev–Trinajstić information content (AvgIpc) is 3.34. The monoisotopic (exact) mass is 376 g/mol. The average molecular weight is 377 g/mol. The van der Waals surface area contributed by atoms with Gasteiger partial charge in [-0.3, -0.25) is 0 Å². The van der Waals surface area contributed by atoms with Crippen LogP contribution in [0.1, 0.15) is 18.4 Å².